The molecule has 2 nitrogen and oxygen atoms in total. The van der Waals surface area contributed by atoms with Crippen molar-refractivity contribution >= 4 is 6.08 Å². The Morgan fingerprint density at radius 3 is 2.93 bits per heavy atom. The minimum absolute atomic E-state index is 0.970. The van der Waals surface area contributed by atoms with Gasteiger partial charge in [-0.05, 0) is 31.5 Å². The average Bonchev–Trinajstić information content (AvgIpc) is 2.28. The lowest BCUT2D eigenvalue weighted by atomic mass is 9.91. The minimum Gasteiger partial charge on any atom is -0.496 e. The number of fused-ring (bicyclic) bond motifs is 1. The number of ether oxygens (including phenoxy) is 1. The zero-order chi connectivity index (χ0) is 10.7. The van der Waals surface area contributed by atoms with Crippen LogP contribution in [0.5, 0.6) is 5.75 Å². The predicted octanol–water partition coefficient (Wildman–Crippen LogP) is 2.24. The van der Waals surface area contributed by atoms with Crippen molar-refractivity contribution in [3.05, 3.63) is 34.9 Å². The molecule has 1 aliphatic carbocycles. The lowest BCUT2D eigenvalue weighted by Crippen LogP contribution is -2.13. The van der Waals surface area contributed by atoms with Crippen LogP contribution in [-0.2, 0) is 6.42 Å². The molecule has 0 bridgehead atoms. The van der Waals surface area contributed by atoms with Gasteiger partial charge in [0.2, 0.25) is 0 Å². The van der Waals surface area contributed by atoms with Crippen molar-refractivity contribution in [2.75, 3.05) is 20.7 Å². The third-order valence-corrected chi connectivity index (χ3v) is 2.84. The van der Waals surface area contributed by atoms with Gasteiger partial charge in [-0.3, -0.25) is 0 Å². The van der Waals surface area contributed by atoms with Gasteiger partial charge >= 0.3 is 0 Å². The van der Waals surface area contributed by atoms with Crippen molar-refractivity contribution in [3.63, 3.8) is 0 Å². The molecule has 2 rings (SSSR count). The maximum absolute atomic E-state index is 5.37. The molecule has 0 saturated heterocycles. The maximum Gasteiger partial charge on any atom is 0.126 e. The van der Waals surface area contributed by atoms with Crippen LogP contribution in [0, 0.1) is 0 Å². The van der Waals surface area contributed by atoms with Gasteiger partial charge < -0.3 is 10.1 Å². The SMILES string of the molecule is CNCC1=Cc2c(cccc2OC)CC1. The van der Waals surface area contributed by atoms with E-state index < -0.39 is 0 Å². The lowest BCUT2D eigenvalue weighted by Gasteiger charge is -2.18. The summed E-state index contributed by atoms with van der Waals surface area (Å²) < 4.78 is 5.37. The standard InChI is InChI=1S/C13H17NO/c1-14-9-10-6-7-11-4-3-5-13(15-2)12(11)8-10/h3-5,8,14H,6-7,9H2,1-2H3. The second-order valence-corrected chi connectivity index (χ2v) is 3.87. The second kappa shape index (κ2) is 4.49. The Labute approximate surface area is 91.0 Å². The highest BCUT2D eigenvalue weighted by Crippen LogP contribution is 2.30. The Morgan fingerprint density at radius 1 is 1.33 bits per heavy atom. The molecule has 0 aliphatic heterocycles. The summed E-state index contributed by atoms with van der Waals surface area (Å²) >= 11 is 0. The van der Waals surface area contributed by atoms with Crippen molar-refractivity contribution < 1.29 is 4.74 Å². The first-order chi connectivity index (χ1) is 7.35. The number of benzene rings is 1. The summed E-state index contributed by atoms with van der Waals surface area (Å²) in [5, 5.41) is 3.20. The summed E-state index contributed by atoms with van der Waals surface area (Å²) in [4.78, 5) is 0. The molecule has 80 valence electrons. The fourth-order valence-electron chi connectivity index (χ4n) is 2.09. The van der Waals surface area contributed by atoms with Crippen LogP contribution in [0.25, 0.3) is 6.08 Å². The highest BCUT2D eigenvalue weighted by Gasteiger charge is 2.13. The third-order valence-electron chi connectivity index (χ3n) is 2.84. The number of aryl methyl sites for hydroxylation is 1. The fraction of sp³-hybridized carbons (Fsp3) is 0.385. The minimum atomic E-state index is 0.970. The first-order valence-corrected chi connectivity index (χ1v) is 5.35. The van der Waals surface area contributed by atoms with Crippen LogP contribution in [0.4, 0.5) is 0 Å². The van der Waals surface area contributed by atoms with Gasteiger partial charge in [0.15, 0.2) is 0 Å². The monoisotopic (exact) mass is 203 g/mol. The molecule has 0 aromatic heterocycles. The van der Waals surface area contributed by atoms with E-state index in [1.54, 1.807) is 7.11 Å². The largest absolute Gasteiger partial charge is 0.496 e. The number of hydrogen-bond acceptors (Lipinski definition) is 2. The first-order valence-electron chi connectivity index (χ1n) is 5.35. The molecule has 0 spiro atoms. The highest BCUT2D eigenvalue weighted by atomic mass is 16.5. The van der Waals surface area contributed by atoms with E-state index in [9.17, 15) is 0 Å². The van der Waals surface area contributed by atoms with Crippen molar-refractivity contribution in [2.45, 2.75) is 12.8 Å². The number of likely N-dealkylation sites (N-methyl/N-ethyl adjacent to an activating group) is 1. The summed E-state index contributed by atoms with van der Waals surface area (Å²) in [6, 6.07) is 6.27. The van der Waals surface area contributed by atoms with E-state index in [0.29, 0.717) is 0 Å². The molecular formula is C13H17NO. The van der Waals surface area contributed by atoms with Crippen LogP contribution in [-0.4, -0.2) is 20.7 Å². The second-order valence-electron chi connectivity index (χ2n) is 3.87. The summed E-state index contributed by atoms with van der Waals surface area (Å²) in [6.45, 7) is 0.970. The number of rotatable bonds is 3. The van der Waals surface area contributed by atoms with E-state index >= 15 is 0 Å². The van der Waals surface area contributed by atoms with E-state index in [2.05, 4.69) is 23.5 Å². The third kappa shape index (κ3) is 2.05. The first kappa shape index (κ1) is 10.2. The molecule has 0 heterocycles. The van der Waals surface area contributed by atoms with Gasteiger partial charge in [-0.25, -0.2) is 0 Å². The van der Waals surface area contributed by atoms with Gasteiger partial charge in [0, 0.05) is 12.1 Å². The van der Waals surface area contributed by atoms with Gasteiger partial charge in [0.1, 0.15) is 5.75 Å². The smallest absolute Gasteiger partial charge is 0.126 e. The number of methoxy groups -OCH3 is 1. The molecule has 1 N–H and O–H groups in total. The van der Waals surface area contributed by atoms with Crippen LogP contribution in [0.2, 0.25) is 0 Å². The van der Waals surface area contributed by atoms with Gasteiger partial charge in [-0.15, -0.1) is 0 Å². The fourth-order valence-corrected chi connectivity index (χ4v) is 2.09. The topological polar surface area (TPSA) is 21.3 Å². The van der Waals surface area contributed by atoms with Crippen molar-refractivity contribution in [1.29, 1.82) is 0 Å². The van der Waals surface area contributed by atoms with Crippen LogP contribution >= 0.6 is 0 Å². The molecular weight excluding hydrogens is 186 g/mol. The molecule has 1 aromatic rings. The zero-order valence-corrected chi connectivity index (χ0v) is 9.34. The molecule has 0 saturated carbocycles. The van der Waals surface area contributed by atoms with Gasteiger partial charge in [0.25, 0.3) is 0 Å². The van der Waals surface area contributed by atoms with E-state index in [0.717, 1.165) is 25.1 Å². The van der Waals surface area contributed by atoms with Gasteiger partial charge in [-0.1, -0.05) is 23.8 Å². The van der Waals surface area contributed by atoms with Crippen LogP contribution < -0.4 is 10.1 Å². The number of nitrogens with one attached hydrogen (secondary N) is 1. The highest BCUT2D eigenvalue weighted by molar-refractivity contribution is 5.65. The molecule has 15 heavy (non-hydrogen) atoms. The van der Waals surface area contributed by atoms with Crippen LogP contribution in [0.3, 0.4) is 0 Å². The average molecular weight is 203 g/mol. The van der Waals surface area contributed by atoms with Crippen molar-refractivity contribution in [3.8, 4) is 5.75 Å². The summed E-state index contributed by atoms with van der Waals surface area (Å²) in [5.41, 5.74) is 4.11. The lowest BCUT2D eigenvalue weighted by molar-refractivity contribution is 0.413. The Balaban J connectivity index is 2.38. The zero-order valence-electron chi connectivity index (χ0n) is 9.34. The van der Waals surface area contributed by atoms with E-state index in [4.69, 9.17) is 4.74 Å². The predicted molar refractivity (Wildman–Crippen MR) is 63.2 cm³/mol. The number of hydrogen-bond donors (Lipinski definition) is 1. The molecule has 0 fully saturated rings. The van der Waals surface area contributed by atoms with Gasteiger partial charge in [0.05, 0.1) is 7.11 Å². The Kier molecular flexibility index (Phi) is 3.07. The Hall–Kier alpha value is -1.28. The van der Waals surface area contributed by atoms with E-state index in [1.807, 2.05) is 13.1 Å². The van der Waals surface area contributed by atoms with E-state index in [1.165, 1.54) is 16.7 Å². The molecule has 0 atom stereocenters. The van der Waals surface area contributed by atoms with Crippen molar-refractivity contribution in [1.82, 2.24) is 5.32 Å². The quantitative estimate of drug-likeness (QED) is 0.813. The molecule has 0 unspecified atom stereocenters. The Bertz CT molecular complexity index is 382. The Morgan fingerprint density at radius 2 is 2.20 bits per heavy atom. The van der Waals surface area contributed by atoms with Crippen LogP contribution in [0.15, 0.2) is 23.8 Å². The molecule has 2 heteroatoms. The van der Waals surface area contributed by atoms with Crippen LogP contribution in [0.1, 0.15) is 17.5 Å². The molecule has 0 radical (unpaired) electrons. The summed E-state index contributed by atoms with van der Waals surface area (Å²) in [7, 11) is 3.72. The summed E-state index contributed by atoms with van der Waals surface area (Å²) in [5.74, 6) is 0.987. The van der Waals surface area contributed by atoms with Gasteiger partial charge in [-0.2, -0.15) is 0 Å². The van der Waals surface area contributed by atoms with Crippen molar-refractivity contribution in [2.24, 2.45) is 0 Å². The molecule has 0 amide bonds. The summed E-state index contributed by atoms with van der Waals surface area (Å²) in [6.07, 6.45) is 4.54. The van der Waals surface area contributed by atoms with E-state index in [-0.39, 0.29) is 0 Å². The molecule has 1 aromatic carbocycles. The maximum atomic E-state index is 5.37. The normalized spacial score (nSPS) is 14.4. The molecule has 1 aliphatic rings.